The van der Waals surface area contributed by atoms with Crippen LogP contribution in [0.2, 0.25) is 0 Å². The van der Waals surface area contributed by atoms with Gasteiger partial charge in [0.05, 0.1) is 16.8 Å². The molecule has 0 aliphatic rings. The minimum atomic E-state index is -3.51. The second-order valence-corrected chi connectivity index (χ2v) is 8.48. The first-order valence-corrected chi connectivity index (χ1v) is 10.3. The standard InChI is InChI=1S/C19H26N4O3S/c1-4-5-6-13-20-18-12-9-16(14-21-18)22-19(24)15-7-10-17(11-8-15)27(25,26)23(2)3/h7-12,14H,4-6,13H2,1-3H3,(H,20,21)(H,22,24). The average molecular weight is 391 g/mol. The minimum absolute atomic E-state index is 0.143. The van der Waals surface area contributed by atoms with Crippen LogP contribution < -0.4 is 10.6 Å². The zero-order valence-electron chi connectivity index (χ0n) is 15.9. The Bertz CT molecular complexity index is 848. The number of hydrogen-bond donors (Lipinski definition) is 2. The van der Waals surface area contributed by atoms with E-state index in [0.29, 0.717) is 11.3 Å². The third kappa shape index (κ3) is 5.77. The van der Waals surface area contributed by atoms with E-state index in [0.717, 1.165) is 23.1 Å². The predicted octanol–water partition coefficient (Wildman–Crippen LogP) is 3.19. The number of amides is 1. The van der Waals surface area contributed by atoms with Crippen LogP contribution in [-0.2, 0) is 10.0 Å². The lowest BCUT2D eigenvalue weighted by Gasteiger charge is -2.12. The van der Waals surface area contributed by atoms with Crippen molar-refractivity contribution in [3.63, 3.8) is 0 Å². The predicted molar refractivity (Wildman–Crippen MR) is 108 cm³/mol. The summed E-state index contributed by atoms with van der Waals surface area (Å²) in [6.45, 7) is 3.03. The van der Waals surface area contributed by atoms with Crippen molar-refractivity contribution in [1.29, 1.82) is 0 Å². The molecule has 1 heterocycles. The molecule has 0 atom stereocenters. The van der Waals surface area contributed by atoms with E-state index >= 15 is 0 Å². The van der Waals surface area contributed by atoms with Gasteiger partial charge in [0.25, 0.3) is 5.91 Å². The number of pyridine rings is 1. The van der Waals surface area contributed by atoms with Gasteiger partial charge in [-0.3, -0.25) is 4.79 Å². The molecule has 2 aromatic rings. The fourth-order valence-electron chi connectivity index (χ4n) is 2.36. The van der Waals surface area contributed by atoms with Gasteiger partial charge in [0.1, 0.15) is 5.82 Å². The van der Waals surface area contributed by atoms with Gasteiger partial charge >= 0.3 is 0 Å². The maximum absolute atomic E-state index is 12.3. The number of carbonyl (C=O) groups is 1. The summed E-state index contributed by atoms with van der Waals surface area (Å²) < 4.78 is 25.2. The summed E-state index contributed by atoms with van der Waals surface area (Å²) in [4.78, 5) is 16.7. The van der Waals surface area contributed by atoms with E-state index in [4.69, 9.17) is 0 Å². The van der Waals surface area contributed by atoms with E-state index in [1.165, 1.54) is 51.2 Å². The van der Waals surface area contributed by atoms with Crippen molar-refractivity contribution >= 4 is 27.4 Å². The highest BCUT2D eigenvalue weighted by atomic mass is 32.2. The van der Waals surface area contributed by atoms with Crippen molar-refractivity contribution in [3.05, 3.63) is 48.2 Å². The van der Waals surface area contributed by atoms with E-state index in [9.17, 15) is 13.2 Å². The summed E-state index contributed by atoms with van der Waals surface area (Å²) in [5.41, 5.74) is 0.943. The molecule has 27 heavy (non-hydrogen) atoms. The Kier molecular flexibility index (Phi) is 7.32. The maximum atomic E-state index is 12.3. The molecular weight excluding hydrogens is 364 g/mol. The first-order valence-electron chi connectivity index (χ1n) is 8.88. The second kappa shape index (κ2) is 9.48. The highest BCUT2D eigenvalue weighted by molar-refractivity contribution is 7.89. The molecule has 0 unspecified atom stereocenters. The van der Waals surface area contributed by atoms with Crippen LogP contribution in [0.25, 0.3) is 0 Å². The van der Waals surface area contributed by atoms with Crippen molar-refractivity contribution in [1.82, 2.24) is 9.29 Å². The SMILES string of the molecule is CCCCCNc1ccc(NC(=O)c2ccc(S(=O)(=O)N(C)C)cc2)cn1. The summed E-state index contributed by atoms with van der Waals surface area (Å²) in [5.74, 6) is 0.441. The van der Waals surface area contributed by atoms with Gasteiger partial charge in [0.2, 0.25) is 10.0 Å². The summed E-state index contributed by atoms with van der Waals surface area (Å²) in [7, 11) is -0.583. The number of nitrogens with zero attached hydrogens (tertiary/aromatic N) is 2. The summed E-state index contributed by atoms with van der Waals surface area (Å²) in [5, 5.41) is 5.99. The Morgan fingerprint density at radius 2 is 1.78 bits per heavy atom. The van der Waals surface area contributed by atoms with Crippen LogP contribution >= 0.6 is 0 Å². The Hall–Kier alpha value is -2.45. The molecule has 146 valence electrons. The molecule has 0 spiro atoms. The third-order valence-corrected chi connectivity index (χ3v) is 5.83. The lowest BCUT2D eigenvalue weighted by atomic mass is 10.2. The van der Waals surface area contributed by atoms with E-state index in [2.05, 4.69) is 22.5 Å². The molecule has 0 radical (unpaired) electrons. The molecule has 2 N–H and O–H groups in total. The van der Waals surface area contributed by atoms with Crippen LogP contribution in [-0.4, -0.2) is 44.3 Å². The van der Waals surface area contributed by atoms with Crippen LogP contribution in [0.1, 0.15) is 36.5 Å². The highest BCUT2D eigenvalue weighted by Crippen LogP contribution is 2.16. The molecule has 7 nitrogen and oxygen atoms in total. The molecule has 0 aliphatic carbocycles. The minimum Gasteiger partial charge on any atom is -0.370 e. The lowest BCUT2D eigenvalue weighted by molar-refractivity contribution is 0.102. The van der Waals surface area contributed by atoms with Crippen LogP contribution in [0.15, 0.2) is 47.5 Å². The smallest absolute Gasteiger partial charge is 0.255 e. The molecule has 8 heteroatoms. The van der Waals surface area contributed by atoms with Gasteiger partial charge in [-0.15, -0.1) is 0 Å². The fourth-order valence-corrected chi connectivity index (χ4v) is 3.26. The Balaban J connectivity index is 1.97. The molecule has 0 bridgehead atoms. The second-order valence-electron chi connectivity index (χ2n) is 6.33. The zero-order valence-corrected chi connectivity index (χ0v) is 16.7. The third-order valence-electron chi connectivity index (χ3n) is 4.00. The van der Waals surface area contributed by atoms with Gasteiger partial charge in [-0.2, -0.15) is 0 Å². The van der Waals surface area contributed by atoms with Gasteiger partial charge in [0, 0.05) is 26.2 Å². The van der Waals surface area contributed by atoms with E-state index in [1.807, 2.05) is 6.07 Å². The summed E-state index contributed by atoms with van der Waals surface area (Å²) in [6, 6.07) is 9.41. The molecule has 0 saturated carbocycles. The molecule has 1 aromatic heterocycles. The average Bonchev–Trinajstić information content (AvgIpc) is 2.66. The molecule has 0 fully saturated rings. The van der Waals surface area contributed by atoms with Crippen LogP contribution in [0.4, 0.5) is 11.5 Å². The highest BCUT2D eigenvalue weighted by Gasteiger charge is 2.17. The van der Waals surface area contributed by atoms with Crippen LogP contribution in [0.3, 0.4) is 0 Å². The van der Waals surface area contributed by atoms with Crippen molar-refractivity contribution < 1.29 is 13.2 Å². The van der Waals surface area contributed by atoms with Gasteiger partial charge in [-0.1, -0.05) is 19.8 Å². The number of benzene rings is 1. The fraction of sp³-hybridized carbons (Fsp3) is 0.368. The Morgan fingerprint density at radius 1 is 1.07 bits per heavy atom. The topological polar surface area (TPSA) is 91.4 Å². The van der Waals surface area contributed by atoms with E-state index in [1.54, 1.807) is 12.3 Å². The van der Waals surface area contributed by atoms with Crippen LogP contribution in [0.5, 0.6) is 0 Å². The largest absolute Gasteiger partial charge is 0.370 e. The molecule has 0 aliphatic heterocycles. The van der Waals surface area contributed by atoms with Crippen molar-refractivity contribution in [2.75, 3.05) is 31.3 Å². The first-order chi connectivity index (χ1) is 12.8. The summed E-state index contributed by atoms with van der Waals surface area (Å²) in [6.07, 6.45) is 5.03. The molecule has 0 saturated heterocycles. The molecule has 2 rings (SSSR count). The monoisotopic (exact) mass is 390 g/mol. The number of anilines is 2. The molecule has 1 amide bonds. The Labute approximate surface area is 160 Å². The first kappa shape index (κ1) is 20.9. The number of aromatic nitrogens is 1. The molecular formula is C19H26N4O3S. The van der Waals surface area contributed by atoms with Crippen molar-refractivity contribution in [2.24, 2.45) is 0 Å². The Morgan fingerprint density at radius 3 is 2.33 bits per heavy atom. The number of carbonyl (C=O) groups excluding carboxylic acids is 1. The van der Waals surface area contributed by atoms with Gasteiger partial charge in [0.15, 0.2) is 0 Å². The number of unbranched alkanes of at least 4 members (excludes halogenated alkanes) is 2. The van der Waals surface area contributed by atoms with Gasteiger partial charge < -0.3 is 10.6 Å². The number of sulfonamides is 1. The van der Waals surface area contributed by atoms with Crippen LogP contribution in [0, 0.1) is 0 Å². The number of rotatable bonds is 9. The maximum Gasteiger partial charge on any atom is 0.255 e. The van der Waals surface area contributed by atoms with Gasteiger partial charge in [-0.25, -0.2) is 17.7 Å². The number of nitrogens with one attached hydrogen (secondary N) is 2. The number of hydrogen-bond acceptors (Lipinski definition) is 5. The lowest BCUT2D eigenvalue weighted by Crippen LogP contribution is -2.22. The van der Waals surface area contributed by atoms with E-state index < -0.39 is 10.0 Å². The van der Waals surface area contributed by atoms with Crippen molar-refractivity contribution in [2.45, 2.75) is 31.1 Å². The van der Waals surface area contributed by atoms with Crippen molar-refractivity contribution in [3.8, 4) is 0 Å². The zero-order chi connectivity index (χ0) is 19.9. The molecule has 1 aromatic carbocycles. The quantitative estimate of drug-likeness (QED) is 0.642. The van der Waals surface area contributed by atoms with Gasteiger partial charge in [-0.05, 0) is 42.8 Å². The summed E-state index contributed by atoms with van der Waals surface area (Å²) >= 11 is 0. The van der Waals surface area contributed by atoms with E-state index in [-0.39, 0.29) is 10.8 Å². The normalized spacial score (nSPS) is 11.4.